The Kier molecular flexibility index (Phi) is 4.76. The van der Waals surface area contributed by atoms with E-state index in [0.29, 0.717) is 6.42 Å². The van der Waals surface area contributed by atoms with E-state index in [-0.39, 0.29) is 5.78 Å². The molecule has 0 amide bonds. The Morgan fingerprint density at radius 3 is 2.57 bits per heavy atom. The van der Waals surface area contributed by atoms with Gasteiger partial charge in [0, 0.05) is 18.7 Å². The lowest BCUT2D eigenvalue weighted by Crippen LogP contribution is -2.01. The normalized spacial score (nSPS) is 9.79. The lowest BCUT2D eigenvalue weighted by Gasteiger charge is -2.04. The molecule has 14 heavy (non-hydrogen) atoms. The molecule has 1 N–H and O–H groups in total. The third-order valence-electron chi connectivity index (χ3n) is 2.06. The van der Waals surface area contributed by atoms with Crippen molar-refractivity contribution in [2.75, 3.05) is 11.9 Å². The van der Waals surface area contributed by atoms with Gasteiger partial charge < -0.3 is 10.1 Å². The van der Waals surface area contributed by atoms with Gasteiger partial charge in [-0.05, 0) is 31.9 Å². The molecule has 1 aromatic rings. The average Bonchev–Trinajstić information content (AvgIpc) is 2.18. The summed E-state index contributed by atoms with van der Waals surface area (Å²) >= 11 is 0. The number of Topliss-reactive ketones (excluding diaryl/α,β-unsaturated/α-hetero) is 1. The number of nitrogens with one attached hydrogen (secondary N) is 1. The molecule has 0 bridgehead atoms. The number of rotatable bonds is 6. The van der Waals surface area contributed by atoms with Crippen LogP contribution in [0.15, 0.2) is 30.3 Å². The first-order valence-electron chi connectivity index (χ1n) is 5.07. The maximum atomic E-state index is 10.7. The summed E-state index contributed by atoms with van der Waals surface area (Å²) in [6.07, 6.45) is 2.74. The van der Waals surface area contributed by atoms with Crippen LogP contribution in [-0.4, -0.2) is 12.3 Å². The maximum Gasteiger partial charge on any atom is 0.129 e. The van der Waals surface area contributed by atoms with E-state index in [1.54, 1.807) is 6.92 Å². The number of carbonyl (C=O) groups excluding carboxylic acids is 1. The summed E-state index contributed by atoms with van der Waals surface area (Å²) in [6, 6.07) is 10.1. The molecule has 0 saturated carbocycles. The Bertz CT molecular complexity index is 269. The van der Waals surface area contributed by atoms with Crippen molar-refractivity contribution in [1.82, 2.24) is 0 Å². The van der Waals surface area contributed by atoms with Crippen molar-refractivity contribution in [3.05, 3.63) is 30.3 Å². The molecule has 1 aromatic carbocycles. The van der Waals surface area contributed by atoms with Gasteiger partial charge in [-0.15, -0.1) is 0 Å². The molecule has 1 rings (SSSR count). The molecule has 0 saturated heterocycles. The van der Waals surface area contributed by atoms with Crippen molar-refractivity contribution in [1.29, 1.82) is 0 Å². The van der Waals surface area contributed by atoms with Gasteiger partial charge in [0.25, 0.3) is 0 Å². The maximum absolute atomic E-state index is 10.7. The Balaban J connectivity index is 2.08. The minimum Gasteiger partial charge on any atom is -0.385 e. The summed E-state index contributed by atoms with van der Waals surface area (Å²) in [5, 5.41) is 3.31. The molecule has 0 spiro atoms. The quantitative estimate of drug-likeness (QED) is 0.700. The van der Waals surface area contributed by atoms with E-state index in [1.807, 2.05) is 30.3 Å². The molecule has 0 fully saturated rings. The largest absolute Gasteiger partial charge is 0.385 e. The molecule has 0 heterocycles. The first-order chi connectivity index (χ1) is 6.79. The van der Waals surface area contributed by atoms with Crippen molar-refractivity contribution < 1.29 is 4.79 Å². The fourth-order valence-corrected chi connectivity index (χ4v) is 1.29. The van der Waals surface area contributed by atoms with E-state index in [4.69, 9.17) is 0 Å². The predicted molar refractivity (Wildman–Crippen MR) is 59.5 cm³/mol. The monoisotopic (exact) mass is 191 g/mol. The number of hydrogen-bond donors (Lipinski definition) is 1. The molecule has 0 aromatic heterocycles. The molecule has 0 aliphatic carbocycles. The van der Waals surface area contributed by atoms with E-state index in [0.717, 1.165) is 25.1 Å². The zero-order valence-corrected chi connectivity index (χ0v) is 8.62. The summed E-state index contributed by atoms with van der Waals surface area (Å²) < 4.78 is 0. The van der Waals surface area contributed by atoms with Crippen LogP contribution in [-0.2, 0) is 4.79 Å². The van der Waals surface area contributed by atoms with Gasteiger partial charge in [0.2, 0.25) is 0 Å². The zero-order valence-electron chi connectivity index (χ0n) is 8.62. The van der Waals surface area contributed by atoms with Crippen LogP contribution >= 0.6 is 0 Å². The predicted octanol–water partition coefficient (Wildman–Crippen LogP) is 2.86. The highest BCUT2D eigenvalue weighted by Crippen LogP contribution is 2.05. The van der Waals surface area contributed by atoms with Gasteiger partial charge >= 0.3 is 0 Å². The Morgan fingerprint density at radius 1 is 1.21 bits per heavy atom. The number of anilines is 1. The fourth-order valence-electron chi connectivity index (χ4n) is 1.29. The van der Waals surface area contributed by atoms with Gasteiger partial charge in [-0.1, -0.05) is 18.2 Å². The number of benzene rings is 1. The second-order valence-electron chi connectivity index (χ2n) is 3.45. The molecule has 2 heteroatoms. The summed E-state index contributed by atoms with van der Waals surface area (Å²) in [4.78, 5) is 10.7. The van der Waals surface area contributed by atoms with Crippen LogP contribution in [0.3, 0.4) is 0 Å². The van der Waals surface area contributed by atoms with E-state index in [9.17, 15) is 4.79 Å². The highest BCUT2D eigenvalue weighted by Gasteiger charge is 1.93. The Morgan fingerprint density at radius 2 is 1.93 bits per heavy atom. The zero-order chi connectivity index (χ0) is 10.2. The summed E-state index contributed by atoms with van der Waals surface area (Å²) in [6.45, 7) is 2.59. The SMILES string of the molecule is CC(=O)CCCCNc1ccccc1. The highest BCUT2D eigenvalue weighted by molar-refractivity contribution is 5.75. The van der Waals surface area contributed by atoms with Crippen LogP contribution < -0.4 is 5.32 Å². The molecule has 0 unspecified atom stereocenters. The number of ketones is 1. The molecule has 2 nitrogen and oxygen atoms in total. The topological polar surface area (TPSA) is 29.1 Å². The Hall–Kier alpha value is -1.31. The lowest BCUT2D eigenvalue weighted by atomic mass is 10.2. The summed E-state index contributed by atoms with van der Waals surface area (Å²) in [7, 11) is 0. The van der Waals surface area contributed by atoms with E-state index in [1.165, 1.54) is 0 Å². The van der Waals surface area contributed by atoms with Crippen LogP contribution in [0.4, 0.5) is 5.69 Å². The van der Waals surface area contributed by atoms with Crippen LogP contribution in [0, 0.1) is 0 Å². The van der Waals surface area contributed by atoms with Crippen molar-refractivity contribution in [2.45, 2.75) is 26.2 Å². The highest BCUT2D eigenvalue weighted by atomic mass is 16.1. The third-order valence-corrected chi connectivity index (χ3v) is 2.06. The second-order valence-corrected chi connectivity index (χ2v) is 3.45. The van der Waals surface area contributed by atoms with Gasteiger partial charge in [-0.3, -0.25) is 0 Å². The van der Waals surface area contributed by atoms with Gasteiger partial charge in [0.05, 0.1) is 0 Å². The van der Waals surface area contributed by atoms with Gasteiger partial charge in [-0.25, -0.2) is 0 Å². The van der Waals surface area contributed by atoms with Crippen LogP contribution in [0.25, 0.3) is 0 Å². The van der Waals surface area contributed by atoms with E-state index in [2.05, 4.69) is 5.32 Å². The Labute approximate surface area is 85.3 Å². The third kappa shape index (κ3) is 4.65. The van der Waals surface area contributed by atoms with E-state index < -0.39 is 0 Å². The van der Waals surface area contributed by atoms with Crippen LogP contribution in [0.2, 0.25) is 0 Å². The van der Waals surface area contributed by atoms with Crippen LogP contribution in [0.1, 0.15) is 26.2 Å². The van der Waals surface area contributed by atoms with Crippen molar-refractivity contribution in [3.63, 3.8) is 0 Å². The smallest absolute Gasteiger partial charge is 0.129 e. The number of hydrogen-bond acceptors (Lipinski definition) is 2. The molecule has 0 radical (unpaired) electrons. The van der Waals surface area contributed by atoms with Gasteiger partial charge in [-0.2, -0.15) is 0 Å². The molecule has 0 aliphatic rings. The number of para-hydroxylation sites is 1. The number of unbranched alkanes of at least 4 members (excludes halogenated alkanes) is 1. The molecular weight excluding hydrogens is 174 g/mol. The van der Waals surface area contributed by atoms with Crippen LogP contribution in [0.5, 0.6) is 0 Å². The summed E-state index contributed by atoms with van der Waals surface area (Å²) in [5.41, 5.74) is 1.15. The minimum absolute atomic E-state index is 0.282. The van der Waals surface area contributed by atoms with Crippen molar-refractivity contribution in [2.24, 2.45) is 0 Å². The van der Waals surface area contributed by atoms with Crippen molar-refractivity contribution in [3.8, 4) is 0 Å². The van der Waals surface area contributed by atoms with E-state index >= 15 is 0 Å². The number of carbonyl (C=O) groups is 1. The molecule has 76 valence electrons. The van der Waals surface area contributed by atoms with Gasteiger partial charge in [0.15, 0.2) is 0 Å². The second kappa shape index (κ2) is 6.19. The average molecular weight is 191 g/mol. The molecular formula is C12H17NO. The first kappa shape index (κ1) is 10.8. The van der Waals surface area contributed by atoms with Gasteiger partial charge in [0.1, 0.15) is 5.78 Å². The standard InChI is InChI=1S/C12H17NO/c1-11(14)7-5-6-10-13-12-8-3-2-4-9-12/h2-4,8-9,13H,5-7,10H2,1H3. The summed E-state index contributed by atoms with van der Waals surface area (Å²) in [5.74, 6) is 0.282. The molecule has 0 aliphatic heterocycles. The first-order valence-corrected chi connectivity index (χ1v) is 5.07. The molecule has 0 atom stereocenters. The lowest BCUT2D eigenvalue weighted by molar-refractivity contribution is -0.117. The van der Waals surface area contributed by atoms with Crippen molar-refractivity contribution >= 4 is 11.5 Å². The minimum atomic E-state index is 0.282. The fraction of sp³-hybridized carbons (Fsp3) is 0.417.